The second kappa shape index (κ2) is 2.90. The Kier molecular flexibility index (Phi) is 1.83. The highest BCUT2D eigenvalue weighted by Gasteiger charge is 2.25. The number of benzene rings is 1. The Labute approximate surface area is 79.0 Å². The molecule has 0 aromatic heterocycles. The van der Waals surface area contributed by atoms with Gasteiger partial charge in [0.1, 0.15) is 0 Å². The third-order valence-electron chi connectivity index (χ3n) is 2.14. The minimum absolute atomic E-state index is 0.206. The molecule has 14 heavy (non-hydrogen) atoms. The lowest BCUT2D eigenvalue weighted by Gasteiger charge is -2.24. The zero-order valence-corrected chi connectivity index (χ0v) is 7.12. The zero-order chi connectivity index (χ0) is 10.3. The minimum atomic E-state index is -1.62. The van der Waals surface area contributed by atoms with Gasteiger partial charge >= 0.3 is 0 Å². The number of aliphatic hydroxyl groups is 3. The van der Waals surface area contributed by atoms with E-state index in [4.69, 9.17) is 0 Å². The lowest BCUT2D eigenvalue weighted by atomic mass is 10.1. The third kappa shape index (κ3) is 1.03. The van der Waals surface area contributed by atoms with Gasteiger partial charge in [-0.05, 0) is 6.07 Å². The quantitative estimate of drug-likeness (QED) is 0.426. The Morgan fingerprint density at radius 3 is 2.29 bits per heavy atom. The van der Waals surface area contributed by atoms with Gasteiger partial charge in [0.05, 0.1) is 0 Å². The summed E-state index contributed by atoms with van der Waals surface area (Å²) in [5.74, 6) is -0.869. The Hall–Kier alpha value is -1.72. The topological polar surface area (TPSA) is 84.2 Å². The molecule has 1 aliphatic heterocycles. The third-order valence-corrected chi connectivity index (χ3v) is 2.14. The first-order valence-corrected chi connectivity index (χ1v) is 4.00. The summed E-state index contributed by atoms with van der Waals surface area (Å²) in [6.45, 7) is 0. The van der Waals surface area contributed by atoms with Crippen molar-refractivity contribution in [3.8, 4) is 0 Å². The number of hydroxylamine groups is 2. The average molecular weight is 195 g/mol. The van der Waals surface area contributed by atoms with E-state index < -0.39 is 12.1 Å². The number of nitrogens with zero attached hydrogens (tertiary/aromatic N) is 1. The highest BCUT2D eigenvalue weighted by atomic mass is 16.6. The van der Waals surface area contributed by atoms with E-state index in [0.717, 1.165) is 0 Å². The van der Waals surface area contributed by atoms with E-state index in [1.807, 2.05) is 0 Å². The van der Waals surface area contributed by atoms with Crippen LogP contribution in [-0.4, -0.2) is 31.8 Å². The highest BCUT2D eigenvalue weighted by Crippen LogP contribution is 2.09. The van der Waals surface area contributed by atoms with Gasteiger partial charge in [0.25, 0.3) is 0 Å². The van der Waals surface area contributed by atoms with E-state index in [1.165, 1.54) is 12.1 Å². The second-order valence-corrected chi connectivity index (χ2v) is 2.97. The fourth-order valence-corrected chi connectivity index (χ4v) is 1.40. The van der Waals surface area contributed by atoms with Gasteiger partial charge < -0.3 is 15.3 Å². The van der Waals surface area contributed by atoms with Crippen LogP contribution in [0, 0.1) is 0 Å². The van der Waals surface area contributed by atoms with Gasteiger partial charge in [-0.1, -0.05) is 18.2 Å². The van der Waals surface area contributed by atoms with Gasteiger partial charge in [-0.15, -0.1) is 0 Å². The normalized spacial score (nSPS) is 21.0. The van der Waals surface area contributed by atoms with Crippen molar-refractivity contribution in [1.29, 1.82) is 0 Å². The van der Waals surface area contributed by atoms with E-state index >= 15 is 0 Å². The van der Waals surface area contributed by atoms with Crippen LogP contribution in [0.15, 0.2) is 24.3 Å². The molecule has 0 amide bonds. The van der Waals surface area contributed by atoms with Crippen molar-refractivity contribution in [1.82, 2.24) is 5.06 Å². The van der Waals surface area contributed by atoms with E-state index in [1.54, 1.807) is 12.1 Å². The molecule has 1 unspecified atom stereocenters. The fraction of sp³-hybridized carbons (Fsp3) is 0.111. The van der Waals surface area contributed by atoms with Crippen LogP contribution in [0.3, 0.4) is 0 Å². The Morgan fingerprint density at radius 2 is 1.64 bits per heavy atom. The molecule has 1 heterocycles. The number of hydrogen-bond acceptors (Lipinski definition) is 5. The minimum Gasteiger partial charge on any atom is -0.507 e. The van der Waals surface area contributed by atoms with Gasteiger partial charge in [0, 0.05) is 10.4 Å². The second-order valence-electron chi connectivity index (χ2n) is 2.97. The van der Waals surface area contributed by atoms with Crippen molar-refractivity contribution in [2.75, 3.05) is 0 Å². The smallest absolute Gasteiger partial charge is 0.222 e. The van der Waals surface area contributed by atoms with E-state index in [-0.39, 0.29) is 16.0 Å². The number of aliphatic hydroxyl groups excluding tert-OH is 3. The molecule has 1 atom stereocenters. The molecule has 0 bridgehead atoms. The van der Waals surface area contributed by atoms with E-state index in [0.29, 0.717) is 5.22 Å². The Balaban J connectivity index is 2.91. The molecule has 0 fully saturated rings. The van der Waals surface area contributed by atoms with Crippen LogP contribution >= 0.6 is 0 Å². The maximum Gasteiger partial charge on any atom is 0.222 e. The predicted octanol–water partition coefficient (Wildman–Crippen LogP) is -1.00. The number of rotatable bonds is 0. The van der Waals surface area contributed by atoms with Crippen LogP contribution in [-0.2, 0) is 0 Å². The summed E-state index contributed by atoms with van der Waals surface area (Å²) in [6.07, 6.45) is -1.62. The Morgan fingerprint density at radius 1 is 1.07 bits per heavy atom. The van der Waals surface area contributed by atoms with Crippen molar-refractivity contribution in [3.63, 3.8) is 0 Å². The van der Waals surface area contributed by atoms with Crippen molar-refractivity contribution in [3.05, 3.63) is 34.7 Å². The van der Waals surface area contributed by atoms with Crippen molar-refractivity contribution in [2.24, 2.45) is 0 Å². The number of fused-ring (bicyclic) bond motifs is 1. The Bertz CT molecular complexity index is 437. The average Bonchev–Trinajstić information content (AvgIpc) is 2.23. The summed E-state index contributed by atoms with van der Waals surface area (Å²) in [7, 11) is 0. The molecule has 0 saturated heterocycles. The summed E-state index contributed by atoms with van der Waals surface area (Å²) in [5, 5.41) is 38.1. The predicted molar refractivity (Wildman–Crippen MR) is 47.4 cm³/mol. The van der Waals surface area contributed by atoms with Crippen LogP contribution in [0.25, 0.3) is 11.6 Å². The van der Waals surface area contributed by atoms with Gasteiger partial charge in [0.15, 0.2) is 5.76 Å². The summed E-state index contributed by atoms with van der Waals surface area (Å²) in [4.78, 5) is 0. The first kappa shape index (κ1) is 8.86. The zero-order valence-electron chi connectivity index (χ0n) is 7.12. The molecule has 2 rings (SSSR count). The molecule has 0 radical (unpaired) electrons. The van der Waals surface area contributed by atoms with Crippen molar-refractivity contribution in [2.45, 2.75) is 6.23 Å². The molecule has 5 heteroatoms. The largest absolute Gasteiger partial charge is 0.507 e. The lowest BCUT2D eigenvalue weighted by Crippen LogP contribution is -2.47. The molecular formula is C9H9NO4. The molecule has 1 aromatic rings. The van der Waals surface area contributed by atoms with Crippen LogP contribution in [0.4, 0.5) is 0 Å². The summed E-state index contributed by atoms with van der Waals surface area (Å²) in [5.41, 5.74) is 0. The monoisotopic (exact) mass is 195 g/mol. The standard InChI is InChI=1S/C9H9NO4/c11-7-5-3-1-2-4-6(5)8(12)10(14)9(7)13/h1-4,9,11-14H. The first-order chi connectivity index (χ1) is 6.63. The molecule has 1 aromatic carbocycles. The fourth-order valence-electron chi connectivity index (χ4n) is 1.40. The van der Waals surface area contributed by atoms with Crippen LogP contribution in [0.5, 0.6) is 0 Å². The van der Waals surface area contributed by atoms with Crippen LogP contribution in [0.1, 0.15) is 0 Å². The highest BCUT2D eigenvalue weighted by molar-refractivity contribution is 5.49. The van der Waals surface area contributed by atoms with Crippen LogP contribution < -0.4 is 10.4 Å². The van der Waals surface area contributed by atoms with Crippen LogP contribution in [0.2, 0.25) is 0 Å². The van der Waals surface area contributed by atoms with Gasteiger partial charge in [0.2, 0.25) is 12.1 Å². The van der Waals surface area contributed by atoms with Crippen molar-refractivity contribution < 1.29 is 20.5 Å². The first-order valence-electron chi connectivity index (χ1n) is 4.00. The molecule has 0 saturated carbocycles. The SMILES string of the molecule is OC1=c2ccccc2=C(O)N(O)C1O. The maximum absolute atomic E-state index is 9.46. The maximum atomic E-state index is 9.46. The molecule has 1 aliphatic rings. The van der Waals surface area contributed by atoms with E-state index in [9.17, 15) is 20.5 Å². The molecule has 0 aliphatic carbocycles. The molecular weight excluding hydrogens is 186 g/mol. The molecule has 5 nitrogen and oxygen atoms in total. The molecule has 0 spiro atoms. The van der Waals surface area contributed by atoms with Crippen molar-refractivity contribution >= 4 is 11.6 Å². The lowest BCUT2D eigenvalue weighted by molar-refractivity contribution is -0.149. The summed E-state index contributed by atoms with van der Waals surface area (Å²) in [6, 6.07) is 6.36. The summed E-state index contributed by atoms with van der Waals surface area (Å²) >= 11 is 0. The number of hydrogen-bond donors (Lipinski definition) is 4. The summed E-state index contributed by atoms with van der Waals surface area (Å²) < 4.78 is 0. The van der Waals surface area contributed by atoms with E-state index in [2.05, 4.69) is 0 Å². The molecule has 4 N–H and O–H groups in total. The van der Waals surface area contributed by atoms with Gasteiger partial charge in [-0.25, -0.2) is 0 Å². The molecule has 74 valence electrons. The van der Waals surface area contributed by atoms with Gasteiger partial charge in [-0.2, -0.15) is 5.06 Å². The van der Waals surface area contributed by atoms with Gasteiger partial charge in [-0.3, -0.25) is 5.21 Å².